The van der Waals surface area contributed by atoms with E-state index in [2.05, 4.69) is 5.32 Å². The van der Waals surface area contributed by atoms with Crippen LogP contribution in [0.3, 0.4) is 0 Å². The maximum atomic E-state index is 11.9. The first-order chi connectivity index (χ1) is 11.1. The van der Waals surface area contributed by atoms with E-state index in [0.29, 0.717) is 0 Å². The maximum absolute atomic E-state index is 11.9. The molecule has 2 amide bonds. The van der Waals surface area contributed by atoms with Gasteiger partial charge >= 0.3 is 17.9 Å². The van der Waals surface area contributed by atoms with Gasteiger partial charge in [0, 0.05) is 13.1 Å². The lowest BCUT2D eigenvalue weighted by Crippen LogP contribution is -2.47. The van der Waals surface area contributed by atoms with Gasteiger partial charge in [-0.1, -0.05) is 0 Å². The summed E-state index contributed by atoms with van der Waals surface area (Å²) in [5, 5.41) is 28.4. The van der Waals surface area contributed by atoms with Gasteiger partial charge in [0.1, 0.15) is 6.54 Å². The molecule has 0 unspecified atom stereocenters. The Kier molecular flexibility index (Phi) is 9.67. The first-order valence-electron chi connectivity index (χ1n) is 6.78. The summed E-state index contributed by atoms with van der Waals surface area (Å²) in [4.78, 5) is 57.0. The smallest absolute Gasteiger partial charge is 0.323 e. The van der Waals surface area contributed by atoms with Crippen LogP contribution in [-0.4, -0.2) is 101 Å². The van der Waals surface area contributed by atoms with Crippen molar-refractivity contribution in [3.63, 3.8) is 0 Å². The molecule has 0 fully saturated rings. The second-order valence-electron chi connectivity index (χ2n) is 4.69. The van der Waals surface area contributed by atoms with E-state index in [1.807, 2.05) is 0 Å². The molecule has 136 valence electrons. The van der Waals surface area contributed by atoms with Gasteiger partial charge in [0.2, 0.25) is 11.8 Å². The molecule has 0 saturated heterocycles. The summed E-state index contributed by atoms with van der Waals surface area (Å²) in [6, 6.07) is 0. The molecule has 0 saturated carbocycles. The van der Waals surface area contributed by atoms with Crippen LogP contribution in [0.1, 0.15) is 0 Å². The molecule has 24 heavy (non-hydrogen) atoms. The van der Waals surface area contributed by atoms with Gasteiger partial charge < -0.3 is 31.3 Å². The molecular formula is C12H20N4O8. The molecule has 0 rings (SSSR count). The average molecular weight is 348 g/mol. The molecule has 0 aromatic heterocycles. The number of carboxylic acids is 3. The number of carboxylic acid groups (broad SMARTS) is 3. The largest absolute Gasteiger partial charge is 0.480 e. The predicted molar refractivity (Wildman–Crippen MR) is 78.0 cm³/mol. The minimum absolute atomic E-state index is 0.164. The summed E-state index contributed by atoms with van der Waals surface area (Å²) < 4.78 is 0. The van der Waals surface area contributed by atoms with Gasteiger partial charge in [0.05, 0.1) is 26.2 Å². The zero-order valence-electron chi connectivity index (χ0n) is 12.8. The van der Waals surface area contributed by atoms with Crippen molar-refractivity contribution < 1.29 is 39.3 Å². The fraction of sp³-hybridized carbons (Fsp3) is 0.583. The summed E-state index contributed by atoms with van der Waals surface area (Å²) in [6.07, 6.45) is 0. The van der Waals surface area contributed by atoms with Crippen LogP contribution >= 0.6 is 0 Å². The van der Waals surface area contributed by atoms with E-state index >= 15 is 0 Å². The third kappa shape index (κ3) is 10.1. The Balaban J connectivity index is 4.75. The number of nitrogens with zero attached hydrogens (tertiary/aromatic N) is 2. The Labute approximate surface area is 136 Å². The highest BCUT2D eigenvalue weighted by molar-refractivity contribution is 5.87. The monoisotopic (exact) mass is 348 g/mol. The highest BCUT2D eigenvalue weighted by Gasteiger charge is 2.20. The fourth-order valence-corrected chi connectivity index (χ4v) is 1.67. The molecule has 0 heterocycles. The van der Waals surface area contributed by atoms with Crippen LogP contribution in [0.4, 0.5) is 0 Å². The highest BCUT2D eigenvalue weighted by Crippen LogP contribution is 1.95. The minimum atomic E-state index is -1.31. The van der Waals surface area contributed by atoms with E-state index in [0.717, 1.165) is 9.80 Å². The predicted octanol–water partition coefficient (Wildman–Crippen LogP) is -3.55. The molecule has 0 atom stereocenters. The lowest BCUT2D eigenvalue weighted by molar-refractivity contribution is -0.145. The first kappa shape index (κ1) is 21.3. The fourth-order valence-electron chi connectivity index (χ4n) is 1.67. The molecule has 0 spiro atoms. The first-order valence-corrected chi connectivity index (χ1v) is 6.78. The number of carbonyl (C=O) groups is 5. The number of carbonyl (C=O) groups excluding carboxylic acids is 2. The van der Waals surface area contributed by atoms with Crippen LogP contribution in [0.5, 0.6) is 0 Å². The van der Waals surface area contributed by atoms with Crippen LogP contribution in [0.25, 0.3) is 0 Å². The van der Waals surface area contributed by atoms with E-state index in [9.17, 15) is 24.0 Å². The van der Waals surface area contributed by atoms with Crippen LogP contribution in [0, 0.1) is 0 Å². The average Bonchev–Trinajstić information content (AvgIpc) is 2.46. The molecule has 0 aromatic carbocycles. The van der Waals surface area contributed by atoms with Crippen molar-refractivity contribution in [1.29, 1.82) is 0 Å². The van der Waals surface area contributed by atoms with E-state index in [1.165, 1.54) is 0 Å². The lowest BCUT2D eigenvalue weighted by atomic mass is 10.3. The van der Waals surface area contributed by atoms with E-state index in [4.69, 9.17) is 21.1 Å². The Morgan fingerprint density at radius 3 is 1.75 bits per heavy atom. The summed E-state index contributed by atoms with van der Waals surface area (Å²) in [5.74, 6) is -5.15. The van der Waals surface area contributed by atoms with E-state index in [1.54, 1.807) is 0 Å². The van der Waals surface area contributed by atoms with Gasteiger partial charge in [0.15, 0.2) is 0 Å². The number of nitrogens with one attached hydrogen (secondary N) is 1. The normalized spacial score (nSPS) is 10.2. The standard InChI is InChI=1S/C12H20N4O8/c13-3-8(17)14-4-9(18)16(7-12(23)24)2-1-15(5-10(19)20)6-11(21)22/h1-7,13H2,(H,14,17)(H,19,20)(H,21,22)(H,23,24). The third-order valence-electron chi connectivity index (χ3n) is 2.70. The topological polar surface area (TPSA) is 191 Å². The van der Waals surface area contributed by atoms with Gasteiger partial charge in [-0.3, -0.25) is 28.9 Å². The minimum Gasteiger partial charge on any atom is -0.480 e. The summed E-state index contributed by atoms with van der Waals surface area (Å²) in [7, 11) is 0. The summed E-state index contributed by atoms with van der Waals surface area (Å²) in [5.41, 5.74) is 5.06. The van der Waals surface area contributed by atoms with Crippen LogP contribution in [0.2, 0.25) is 0 Å². The molecule has 0 aromatic rings. The molecule has 6 N–H and O–H groups in total. The van der Waals surface area contributed by atoms with E-state index < -0.39 is 55.9 Å². The van der Waals surface area contributed by atoms with Crippen molar-refractivity contribution >= 4 is 29.7 Å². The van der Waals surface area contributed by atoms with Crippen molar-refractivity contribution in [2.45, 2.75) is 0 Å². The quantitative estimate of drug-likeness (QED) is 0.236. The van der Waals surface area contributed by atoms with Crippen molar-refractivity contribution in [2.75, 3.05) is 45.8 Å². The lowest BCUT2D eigenvalue weighted by Gasteiger charge is -2.25. The van der Waals surface area contributed by atoms with Crippen molar-refractivity contribution in [1.82, 2.24) is 15.1 Å². The van der Waals surface area contributed by atoms with E-state index in [-0.39, 0.29) is 19.6 Å². The molecule has 12 heteroatoms. The van der Waals surface area contributed by atoms with Crippen molar-refractivity contribution in [2.24, 2.45) is 5.73 Å². The molecular weight excluding hydrogens is 328 g/mol. The Bertz CT molecular complexity index is 479. The summed E-state index contributed by atoms with van der Waals surface area (Å²) in [6.45, 7) is -3.02. The number of aliphatic carboxylic acids is 3. The molecule has 0 bridgehead atoms. The second kappa shape index (κ2) is 10.9. The van der Waals surface area contributed by atoms with Gasteiger partial charge in [0.25, 0.3) is 0 Å². The zero-order chi connectivity index (χ0) is 18.7. The number of hydrogen-bond donors (Lipinski definition) is 5. The van der Waals surface area contributed by atoms with Crippen molar-refractivity contribution in [3.05, 3.63) is 0 Å². The van der Waals surface area contributed by atoms with Gasteiger partial charge in [-0.25, -0.2) is 0 Å². The van der Waals surface area contributed by atoms with Crippen LogP contribution < -0.4 is 11.1 Å². The van der Waals surface area contributed by atoms with Crippen LogP contribution in [-0.2, 0) is 24.0 Å². The van der Waals surface area contributed by atoms with Gasteiger partial charge in [-0.15, -0.1) is 0 Å². The van der Waals surface area contributed by atoms with Crippen LogP contribution in [0.15, 0.2) is 0 Å². The Hall–Kier alpha value is -2.73. The zero-order valence-corrected chi connectivity index (χ0v) is 12.8. The molecule has 0 aliphatic heterocycles. The SMILES string of the molecule is NCC(=O)NCC(=O)N(CCN(CC(=O)O)CC(=O)O)CC(=O)O. The third-order valence-corrected chi connectivity index (χ3v) is 2.70. The molecule has 0 aliphatic rings. The molecule has 0 radical (unpaired) electrons. The number of amides is 2. The molecule has 0 aliphatic carbocycles. The second-order valence-corrected chi connectivity index (χ2v) is 4.69. The Morgan fingerprint density at radius 2 is 1.33 bits per heavy atom. The Morgan fingerprint density at radius 1 is 0.833 bits per heavy atom. The number of nitrogens with two attached hydrogens (primary N) is 1. The highest BCUT2D eigenvalue weighted by atomic mass is 16.4. The van der Waals surface area contributed by atoms with Crippen molar-refractivity contribution in [3.8, 4) is 0 Å². The maximum Gasteiger partial charge on any atom is 0.323 e. The number of hydrogen-bond acceptors (Lipinski definition) is 7. The molecule has 12 nitrogen and oxygen atoms in total. The van der Waals surface area contributed by atoms with Gasteiger partial charge in [-0.2, -0.15) is 0 Å². The number of rotatable bonds is 12. The van der Waals surface area contributed by atoms with Gasteiger partial charge in [-0.05, 0) is 0 Å². The summed E-state index contributed by atoms with van der Waals surface area (Å²) >= 11 is 0.